The monoisotopic (exact) mass is 361 g/mol. The number of sulfonamides is 1. The second kappa shape index (κ2) is 7.35. The molecular weight excluding hydrogens is 347 g/mol. The van der Waals surface area contributed by atoms with E-state index in [1.54, 1.807) is 6.07 Å². The summed E-state index contributed by atoms with van der Waals surface area (Å²) in [5.41, 5.74) is -1.65. The van der Waals surface area contributed by atoms with Gasteiger partial charge in [-0.2, -0.15) is 18.4 Å². The van der Waals surface area contributed by atoms with E-state index < -0.39 is 33.2 Å². The van der Waals surface area contributed by atoms with Crippen LogP contribution in [0.15, 0.2) is 30.4 Å². The highest BCUT2D eigenvalue weighted by molar-refractivity contribution is 7.92. The minimum Gasteiger partial charge on any atom is -0.352 e. The van der Waals surface area contributed by atoms with Gasteiger partial charge in [0.1, 0.15) is 0 Å². The zero-order chi connectivity index (χ0) is 18.5. The Bertz CT molecular complexity index is 796. The predicted octanol–water partition coefficient (Wildman–Crippen LogP) is 2.28. The van der Waals surface area contributed by atoms with E-state index in [9.17, 15) is 26.4 Å². The second-order valence-electron chi connectivity index (χ2n) is 4.85. The Hall–Kier alpha value is -2.54. The molecule has 0 fully saturated rings. The molecule has 24 heavy (non-hydrogen) atoms. The molecule has 0 aliphatic carbocycles. The lowest BCUT2D eigenvalue weighted by Crippen LogP contribution is -2.26. The Labute approximate surface area is 137 Å². The van der Waals surface area contributed by atoms with Crippen LogP contribution in [0.25, 0.3) is 0 Å². The molecule has 0 atom stereocenters. The van der Waals surface area contributed by atoms with Crippen molar-refractivity contribution in [3.05, 3.63) is 41.5 Å². The van der Waals surface area contributed by atoms with E-state index in [4.69, 9.17) is 5.26 Å². The quantitative estimate of drug-likeness (QED) is 0.759. The summed E-state index contributed by atoms with van der Waals surface area (Å²) in [6, 6.07) is 3.86. The van der Waals surface area contributed by atoms with Gasteiger partial charge in [-0.05, 0) is 24.6 Å². The van der Waals surface area contributed by atoms with Gasteiger partial charge in [0.05, 0.1) is 29.1 Å². The number of carbonyl (C=O) groups excluding carboxylic acids is 1. The van der Waals surface area contributed by atoms with Crippen LogP contribution in [0.1, 0.15) is 22.3 Å². The first-order valence-electron chi connectivity index (χ1n) is 6.49. The lowest BCUT2D eigenvalue weighted by molar-refractivity contribution is -0.137. The third-order valence-electron chi connectivity index (χ3n) is 2.76. The first-order chi connectivity index (χ1) is 10.9. The van der Waals surface area contributed by atoms with Crippen LogP contribution in [-0.4, -0.2) is 27.1 Å². The van der Waals surface area contributed by atoms with Crippen LogP contribution >= 0.6 is 0 Å². The van der Waals surface area contributed by atoms with Crippen LogP contribution in [0.4, 0.5) is 18.9 Å². The number of nitriles is 1. The van der Waals surface area contributed by atoms with Crippen LogP contribution in [0, 0.1) is 11.3 Å². The Morgan fingerprint density at radius 2 is 2.00 bits per heavy atom. The van der Waals surface area contributed by atoms with E-state index in [1.807, 2.05) is 4.72 Å². The molecule has 1 rings (SSSR count). The van der Waals surface area contributed by atoms with Crippen LogP contribution in [0.5, 0.6) is 0 Å². The Kier molecular flexibility index (Phi) is 5.98. The molecule has 0 heterocycles. The maximum atomic E-state index is 12.8. The van der Waals surface area contributed by atoms with Crippen molar-refractivity contribution in [2.75, 3.05) is 17.5 Å². The van der Waals surface area contributed by atoms with Crippen LogP contribution in [0.2, 0.25) is 0 Å². The van der Waals surface area contributed by atoms with Crippen molar-refractivity contribution < 1.29 is 26.4 Å². The number of hydrogen-bond acceptors (Lipinski definition) is 4. The fraction of sp³-hybridized carbons (Fsp3) is 0.286. The van der Waals surface area contributed by atoms with E-state index in [2.05, 4.69) is 11.9 Å². The molecule has 2 N–H and O–H groups in total. The molecule has 6 nitrogen and oxygen atoms in total. The van der Waals surface area contributed by atoms with Gasteiger partial charge in [-0.25, -0.2) is 8.42 Å². The number of halogens is 3. The Morgan fingerprint density at radius 3 is 2.50 bits per heavy atom. The molecule has 0 bridgehead atoms. The SMILES string of the molecule is C=C(C#N)CCNC(=O)c1cc(C(F)(F)F)ccc1NS(C)(=O)=O. The molecule has 0 saturated heterocycles. The van der Waals surface area contributed by atoms with Crippen molar-refractivity contribution in [3.63, 3.8) is 0 Å². The molecule has 1 amide bonds. The number of benzene rings is 1. The second-order valence-corrected chi connectivity index (χ2v) is 6.60. The summed E-state index contributed by atoms with van der Waals surface area (Å²) in [6.45, 7) is 3.37. The van der Waals surface area contributed by atoms with E-state index in [1.165, 1.54) is 0 Å². The Balaban J connectivity index is 3.13. The van der Waals surface area contributed by atoms with Gasteiger partial charge in [0.2, 0.25) is 10.0 Å². The fourth-order valence-electron chi connectivity index (χ4n) is 1.68. The van der Waals surface area contributed by atoms with Crippen molar-refractivity contribution in [1.82, 2.24) is 5.32 Å². The molecule has 10 heteroatoms. The number of rotatable bonds is 6. The summed E-state index contributed by atoms with van der Waals surface area (Å²) >= 11 is 0. The van der Waals surface area contributed by atoms with E-state index in [-0.39, 0.29) is 24.2 Å². The number of hydrogen-bond donors (Lipinski definition) is 2. The van der Waals surface area contributed by atoms with E-state index >= 15 is 0 Å². The Morgan fingerprint density at radius 1 is 1.38 bits per heavy atom. The average molecular weight is 361 g/mol. The van der Waals surface area contributed by atoms with Gasteiger partial charge < -0.3 is 5.32 Å². The maximum Gasteiger partial charge on any atom is 0.416 e. The van der Waals surface area contributed by atoms with Crippen molar-refractivity contribution in [2.45, 2.75) is 12.6 Å². The third kappa shape index (κ3) is 5.92. The van der Waals surface area contributed by atoms with E-state index in [0.29, 0.717) is 12.1 Å². The number of alkyl halides is 3. The third-order valence-corrected chi connectivity index (χ3v) is 3.35. The zero-order valence-electron chi connectivity index (χ0n) is 12.6. The van der Waals surface area contributed by atoms with Gasteiger partial charge >= 0.3 is 6.18 Å². The zero-order valence-corrected chi connectivity index (χ0v) is 13.4. The van der Waals surface area contributed by atoms with Gasteiger partial charge in [-0.1, -0.05) is 6.58 Å². The maximum absolute atomic E-state index is 12.8. The summed E-state index contributed by atoms with van der Waals surface area (Å²) in [5, 5.41) is 10.9. The number of amides is 1. The molecule has 1 aromatic carbocycles. The van der Waals surface area contributed by atoms with Crippen LogP contribution in [-0.2, 0) is 16.2 Å². The summed E-state index contributed by atoms with van der Waals surface area (Å²) in [6.07, 6.45) is -3.76. The number of carbonyl (C=O) groups is 1. The van der Waals surface area contributed by atoms with Crippen molar-refractivity contribution in [2.24, 2.45) is 0 Å². The molecule has 0 unspecified atom stereocenters. The number of nitrogens with one attached hydrogen (secondary N) is 2. The predicted molar refractivity (Wildman–Crippen MR) is 81.6 cm³/mol. The normalized spacial score (nSPS) is 11.5. The van der Waals surface area contributed by atoms with Crippen LogP contribution in [0.3, 0.4) is 0 Å². The smallest absolute Gasteiger partial charge is 0.352 e. The molecule has 130 valence electrons. The topological polar surface area (TPSA) is 99.1 Å². The first-order valence-corrected chi connectivity index (χ1v) is 8.38. The molecule has 0 aliphatic heterocycles. The molecular formula is C14H14F3N3O3S. The van der Waals surface area contributed by atoms with Gasteiger partial charge in [-0.15, -0.1) is 0 Å². The van der Waals surface area contributed by atoms with Gasteiger partial charge in [0, 0.05) is 12.1 Å². The highest BCUT2D eigenvalue weighted by atomic mass is 32.2. The summed E-state index contributed by atoms with van der Waals surface area (Å²) in [4.78, 5) is 12.1. The standard InChI is InChI=1S/C14H14F3N3O3S/c1-9(8-18)5-6-19-13(21)11-7-10(14(15,16)17)3-4-12(11)20-24(2,22)23/h3-4,7,20H,1,5-6H2,2H3,(H,19,21). The minimum absolute atomic E-state index is 0.0280. The van der Waals surface area contributed by atoms with Crippen molar-refractivity contribution in [1.29, 1.82) is 5.26 Å². The molecule has 0 radical (unpaired) electrons. The lowest BCUT2D eigenvalue weighted by atomic mass is 10.1. The largest absolute Gasteiger partial charge is 0.416 e. The number of anilines is 1. The van der Waals surface area contributed by atoms with Gasteiger partial charge in [-0.3, -0.25) is 9.52 Å². The summed E-state index contributed by atoms with van der Waals surface area (Å²) < 4.78 is 62.9. The highest BCUT2D eigenvalue weighted by Gasteiger charge is 2.32. The summed E-state index contributed by atoms with van der Waals surface area (Å²) in [7, 11) is -3.79. The highest BCUT2D eigenvalue weighted by Crippen LogP contribution is 2.32. The van der Waals surface area contributed by atoms with Crippen LogP contribution < -0.4 is 10.0 Å². The van der Waals surface area contributed by atoms with Crippen molar-refractivity contribution in [3.8, 4) is 6.07 Å². The van der Waals surface area contributed by atoms with Crippen molar-refractivity contribution >= 4 is 21.6 Å². The minimum atomic E-state index is -4.69. The van der Waals surface area contributed by atoms with Gasteiger partial charge in [0.15, 0.2) is 0 Å². The molecule has 0 spiro atoms. The van der Waals surface area contributed by atoms with Gasteiger partial charge in [0.25, 0.3) is 5.91 Å². The average Bonchev–Trinajstić information content (AvgIpc) is 2.44. The lowest BCUT2D eigenvalue weighted by Gasteiger charge is -2.14. The fourth-order valence-corrected chi connectivity index (χ4v) is 2.25. The molecule has 0 aromatic heterocycles. The number of nitrogens with zero attached hydrogens (tertiary/aromatic N) is 1. The summed E-state index contributed by atoms with van der Waals surface area (Å²) in [5.74, 6) is -0.905. The molecule has 1 aromatic rings. The van der Waals surface area contributed by atoms with E-state index in [0.717, 1.165) is 12.3 Å². The molecule has 0 aliphatic rings. The first kappa shape index (κ1) is 19.5. The molecule has 0 saturated carbocycles.